The van der Waals surface area contributed by atoms with Crippen LogP contribution in [0.15, 0.2) is 0 Å². The molecular weight excluding hydrogens is 148 g/mol. The Morgan fingerprint density at radius 3 is 2.50 bits per heavy atom. The molecule has 2 heteroatoms. The monoisotopic (exact) mass is 170 g/mol. The zero-order valence-electron chi connectivity index (χ0n) is 8.42. The molecule has 0 aliphatic carbocycles. The number of nitrogens with zero attached hydrogens (tertiary/aromatic N) is 1. The van der Waals surface area contributed by atoms with Crippen LogP contribution in [0.1, 0.15) is 33.1 Å². The van der Waals surface area contributed by atoms with Crippen molar-refractivity contribution >= 4 is 0 Å². The quantitative estimate of drug-likeness (QED) is 0.692. The van der Waals surface area contributed by atoms with Crippen LogP contribution in [0.3, 0.4) is 0 Å². The van der Waals surface area contributed by atoms with Gasteiger partial charge in [-0.05, 0) is 38.3 Å². The van der Waals surface area contributed by atoms with Gasteiger partial charge in [-0.15, -0.1) is 0 Å². The van der Waals surface area contributed by atoms with Gasteiger partial charge in [0.05, 0.1) is 0 Å². The van der Waals surface area contributed by atoms with Crippen LogP contribution in [0.4, 0.5) is 0 Å². The van der Waals surface area contributed by atoms with E-state index in [2.05, 4.69) is 18.7 Å². The van der Waals surface area contributed by atoms with Crippen molar-refractivity contribution < 1.29 is 0 Å². The molecule has 12 heavy (non-hydrogen) atoms. The molecule has 0 aromatic rings. The first-order valence-electron chi connectivity index (χ1n) is 5.25. The second-order valence-corrected chi connectivity index (χ2v) is 3.86. The maximum Gasteiger partial charge on any atom is 0.00901 e. The Labute approximate surface area is 76.1 Å². The van der Waals surface area contributed by atoms with E-state index in [1.807, 2.05) is 0 Å². The average molecular weight is 170 g/mol. The van der Waals surface area contributed by atoms with E-state index in [9.17, 15) is 0 Å². The van der Waals surface area contributed by atoms with Gasteiger partial charge in [0.25, 0.3) is 0 Å². The van der Waals surface area contributed by atoms with E-state index in [0.29, 0.717) is 0 Å². The summed E-state index contributed by atoms with van der Waals surface area (Å²) in [6.07, 6.45) is 3.88. The maximum absolute atomic E-state index is 5.65. The molecule has 1 unspecified atom stereocenters. The van der Waals surface area contributed by atoms with Crippen molar-refractivity contribution in [1.82, 2.24) is 4.90 Å². The smallest absolute Gasteiger partial charge is 0.00901 e. The highest BCUT2D eigenvalue weighted by atomic mass is 15.2. The first-order valence-corrected chi connectivity index (χ1v) is 5.25. The zero-order valence-corrected chi connectivity index (χ0v) is 8.42. The van der Waals surface area contributed by atoms with Gasteiger partial charge in [-0.25, -0.2) is 0 Å². The van der Waals surface area contributed by atoms with E-state index < -0.39 is 0 Å². The number of likely N-dealkylation sites (tertiary alicyclic amines) is 1. The lowest BCUT2D eigenvalue weighted by atomic mass is 10.1. The van der Waals surface area contributed by atoms with Crippen LogP contribution in [0.2, 0.25) is 0 Å². The Kier molecular flexibility index (Phi) is 4.02. The number of hydrogen-bond donors (Lipinski definition) is 1. The van der Waals surface area contributed by atoms with Gasteiger partial charge in [-0.2, -0.15) is 0 Å². The fourth-order valence-electron chi connectivity index (χ4n) is 2.19. The molecule has 1 heterocycles. The summed E-state index contributed by atoms with van der Waals surface area (Å²) in [5, 5.41) is 0. The standard InChI is InChI=1S/C10H22N2/c1-3-10(4-2)12-6-5-9(7-11)8-12/h9-10H,3-8,11H2,1-2H3. The molecule has 1 fully saturated rings. The summed E-state index contributed by atoms with van der Waals surface area (Å²) in [5.74, 6) is 0.769. The van der Waals surface area contributed by atoms with Crippen molar-refractivity contribution in [3.05, 3.63) is 0 Å². The Morgan fingerprint density at radius 2 is 2.08 bits per heavy atom. The Hall–Kier alpha value is -0.0800. The van der Waals surface area contributed by atoms with Crippen LogP contribution in [0.5, 0.6) is 0 Å². The molecule has 2 N–H and O–H groups in total. The maximum atomic E-state index is 5.65. The van der Waals surface area contributed by atoms with Crippen LogP contribution in [-0.2, 0) is 0 Å². The van der Waals surface area contributed by atoms with Crippen LogP contribution < -0.4 is 5.73 Å². The Morgan fingerprint density at radius 1 is 1.42 bits per heavy atom. The van der Waals surface area contributed by atoms with Crippen LogP contribution in [-0.4, -0.2) is 30.6 Å². The van der Waals surface area contributed by atoms with Crippen molar-refractivity contribution in [2.45, 2.75) is 39.2 Å². The molecule has 1 atom stereocenters. The normalized spacial score (nSPS) is 25.5. The molecule has 1 aliphatic heterocycles. The van der Waals surface area contributed by atoms with Gasteiger partial charge in [0.15, 0.2) is 0 Å². The molecule has 0 aromatic heterocycles. The van der Waals surface area contributed by atoms with Crippen molar-refractivity contribution in [3.63, 3.8) is 0 Å². The topological polar surface area (TPSA) is 29.3 Å². The minimum Gasteiger partial charge on any atom is -0.330 e. The fraction of sp³-hybridized carbons (Fsp3) is 1.00. The van der Waals surface area contributed by atoms with E-state index in [1.54, 1.807) is 0 Å². The minimum absolute atomic E-state index is 0.769. The number of hydrogen-bond acceptors (Lipinski definition) is 2. The van der Waals surface area contributed by atoms with Gasteiger partial charge < -0.3 is 10.6 Å². The van der Waals surface area contributed by atoms with Crippen molar-refractivity contribution in [1.29, 1.82) is 0 Å². The van der Waals surface area contributed by atoms with Gasteiger partial charge in [0, 0.05) is 12.6 Å². The fourth-order valence-corrected chi connectivity index (χ4v) is 2.19. The average Bonchev–Trinajstić information content (AvgIpc) is 2.55. The third kappa shape index (κ3) is 2.20. The summed E-state index contributed by atoms with van der Waals surface area (Å²) in [5.41, 5.74) is 5.65. The second kappa shape index (κ2) is 4.83. The number of rotatable bonds is 4. The zero-order chi connectivity index (χ0) is 8.97. The molecular formula is C10H22N2. The van der Waals surface area contributed by atoms with Gasteiger partial charge >= 0.3 is 0 Å². The van der Waals surface area contributed by atoms with Crippen LogP contribution in [0.25, 0.3) is 0 Å². The summed E-state index contributed by atoms with van der Waals surface area (Å²) >= 11 is 0. The highest BCUT2D eigenvalue weighted by Crippen LogP contribution is 2.20. The number of nitrogens with two attached hydrogens (primary N) is 1. The van der Waals surface area contributed by atoms with E-state index >= 15 is 0 Å². The summed E-state index contributed by atoms with van der Waals surface area (Å²) in [6.45, 7) is 7.95. The van der Waals surface area contributed by atoms with Crippen molar-refractivity contribution in [2.24, 2.45) is 11.7 Å². The molecule has 72 valence electrons. The first kappa shape index (κ1) is 10.0. The molecule has 0 radical (unpaired) electrons. The third-order valence-corrected chi connectivity index (χ3v) is 3.11. The lowest BCUT2D eigenvalue weighted by Crippen LogP contribution is -2.33. The minimum atomic E-state index is 0.769. The van der Waals surface area contributed by atoms with E-state index in [1.165, 1.54) is 32.4 Å². The molecule has 1 saturated heterocycles. The molecule has 0 spiro atoms. The largest absolute Gasteiger partial charge is 0.330 e. The molecule has 1 rings (SSSR count). The molecule has 0 bridgehead atoms. The highest BCUT2D eigenvalue weighted by molar-refractivity contribution is 4.80. The molecule has 1 aliphatic rings. The van der Waals surface area contributed by atoms with E-state index in [4.69, 9.17) is 5.73 Å². The third-order valence-electron chi connectivity index (χ3n) is 3.11. The summed E-state index contributed by atoms with van der Waals surface area (Å²) in [4.78, 5) is 2.61. The van der Waals surface area contributed by atoms with Crippen molar-refractivity contribution in [2.75, 3.05) is 19.6 Å². The molecule has 0 aromatic carbocycles. The van der Waals surface area contributed by atoms with Crippen LogP contribution in [0, 0.1) is 5.92 Å². The van der Waals surface area contributed by atoms with Gasteiger partial charge in [0.2, 0.25) is 0 Å². The predicted octanol–water partition coefficient (Wildman–Crippen LogP) is 1.46. The Bertz CT molecular complexity index is 121. The Balaban J connectivity index is 2.34. The lowest BCUT2D eigenvalue weighted by molar-refractivity contribution is 0.222. The summed E-state index contributed by atoms with van der Waals surface area (Å²) in [6, 6.07) is 0.807. The van der Waals surface area contributed by atoms with Gasteiger partial charge in [-0.1, -0.05) is 13.8 Å². The molecule has 2 nitrogen and oxygen atoms in total. The SMILES string of the molecule is CCC(CC)N1CCC(CN)C1. The van der Waals surface area contributed by atoms with Gasteiger partial charge in [0.1, 0.15) is 0 Å². The molecule has 0 saturated carbocycles. The molecule has 0 amide bonds. The second-order valence-electron chi connectivity index (χ2n) is 3.86. The van der Waals surface area contributed by atoms with Gasteiger partial charge in [-0.3, -0.25) is 0 Å². The first-order chi connectivity index (χ1) is 5.81. The van der Waals surface area contributed by atoms with Crippen molar-refractivity contribution in [3.8, 4) is 0 Å². The summed E-state index contributed by atoms with van der Waals surface area (Å²) < 4.78 is 0. The predicted molar refractivity (Wildman–Crippen MR) is 53.1 cm³/mol. The highest BCUT2D eigenvalue weighted by Gasteiger charge is 2.25. The lowest BCUT2D eigenvalue weighted by Gasteiger charge is -2.25. The van der Waals surface area contributed by atoms with E-state index in [0.717, 1.165) is 18.5 Å². The van der Waals surface area contributed by atoms with E-state index in [-0.39, 0.29) is 0 Å². The van der Waals surface area contributed by atoms with Crippen LogP contribution >= 0.6 is 0 Å². The summed E-state index contributed by atoms with van der Waals surface area (Å²) in [7, 11) is 0.